The average molecular weight is 383 g/mol. The van der Waals surface area contributed by atoms with E-state index in [1.165, 1.54) is 0 Å². The number of rotatable bonds is 5. The molecule has 0 radical (unpaired) electrons. The van der Waals surface area contributed by atoms with Crippen molar-refractivity contribution in [1.82, 2.24) is 10.3 Å². The summed E-state index contributed by atoms with van der Waals surface area (Å²) in [5.74, 6) is -0.257. The van der Waals surface area contributed by atoms with Crippen molar-refractivity contribution in [3.05, 3.63) is 28.1 Å². The molecule has 6 nitrogen and oxygen atoms in total. The predicted octanol–water partition coefficient (Wildman–Crippen LogP) is 2.85. The molecule has 1 heterocycles. The first-order valence-corrected chi connectivity index (χ1v) is 8.54. The van der Waals surface area contributed by atoms with Gasteiger partial charge in [0.1, 0.15) is 6.07 Å². The van der Waals surface area contributed by atoms with Crippen LogP contribution in [0.15, 0.2) is 0 Å². The number of carbonyl (C=O) groups excluding carboxylic acids is 1. The molecule has 25 heavy (non-hydrogen) atoms. The molecule has 1 aliphatic rings. The SMILES string of the molecule is CCOC(=O)c1c(CNC(N)=S)nc(C)c(C#N)c1C1CCCC1.Cl. The van der Waals surface area contributed by atoms with E-state index in [-0.39, 0.29) is 36.6 Å². The van der Waals surface area contributed by atoms with Gasteiger partial charge in [-0.2, -0.15) is 5.26 Å². The van der Waals surface area contributed by atoms with Gasteiger partial charge in [-0.3, -0.25) is 4.98 Å². The molecule has 0 amide bonds. The first-order chi connectivity index (χ1) is 11.5. The summed E-state index contributed by atoms with van der Waals surface area (Å²) in [5.41, 5.74) is 8.31. The number of hydrogen-bond acceptors (Lipinski definition) is 5. The van der Waals surface area contributed by atoms with Crippen molar-refractivity contribution in [3.63, 3.8) is 0 Å². The molecule has 136 valence electrons. The summed E-state index contributed by atoms with van der Waals surface area (Å²) in [6.07, 6.45) is 4.12. The van der Waals surface area contributed by atoms with Gasteiger partial charge < -0.3 is 15.8 Å². The number of ether oxygens (including phenoxy) is 1. The predicted molar refractivity (Wildman–Crippen MR) is 102 cm³/mol. The molecule has 1 aromatic rings. The van der Waals surface area contributed by atoms with E-state index in [9.17, 15) is 10.1 Å². The minimum absolute atomic E-state index is 0. The Labute approximate surface area is 159 Å². The normalized spacial score (nSPS) is 13.6. The minimum atomic E-state index is -0.442. The van der Waals surface area contributed by atoms with E-state index in [2.05, 4.69) is 16.4 Å². The zero-order valence-electron chi connectivity index (χ0n) is 14.4. The van der Waals surface area contributed by atoms with Crippen molar-refractivity contribution in [2.45, 2.75) is 52.0 Å². The van der Waals surface area contributed by atoms with Crippen molar-refractivity contribution in [2.24, 2.45) is 5.73 Å². The Balaban J connectivity index is 0.00000312. The van der Waals surface area contributed by atoms with Crippen LogP contribution in [-0.4, -0.2) is 22.7 Å². The standard InChI is InChI=1S/C17H22N4O2S.ClH/c1-3-23-16(22)15-13(9-20-17(19)24)21-10(2)12(8-18)14(15)11-6-4-5-7-11;/h11H,3-7,9H2,1-2H3,(H3,19,20,24);1H. The molecule has 0 atom stereocenters. The topological polar surface area (TPSA) is 101 Å². The number of pyridine rings is 1. The van der Waals surface area contributed by atoms with Crippen LogP contribution >= 0.6 is 24.6 Å². The Kier molecular flexibility index (Phi) is 8.07. The fraction of sp³-hybridized carbons (Fsp3) is 0.529. The molecule has 0 aliphatic heterocycles. The van der Waals surface area contributed by atoms with Gasteiger partial charge in [0.05, 0.1) is 35.7 Å². The molecule has 1 aliphatic carbocycles. The summed E-state index contributed by atoms with van der Waals surface area (Å²) in [6, 6.07) is 2.23. The minimum Gasteiger partial charge on any atom is -0.462 e. The molecule has 0 bridgehead atoms. The fourth-order valence-corrected chi connectivity index (χ4v) is 3.36. The highest BCUT2D eigenvalue weighted by molar-refractivity contribution is 7.80. The number of aromatic nitrogens is 1. The van der Waals surface area contributed by atoms with E-state index < -0.39 is 5.97 Å². The second kappa shape index (κ2) is 9.54. The summed E-state index contributed by atoms with van der Waals surface area (Å²) in [7, 11) is 0. The zero-order valence-corrected chi connectivity index (χ0v) is 16.1. The smallest absolute Gasteiger partial charge is 0.340 e. The Hall–Kier alpha value is -1.91. The van der Waals surface area contributed by atoms with Gasteiger partial charge in [0, 0.05) is 0 Å². The number of esters is 1. The van der Waals surface area contributed by atoms with Crippen molar-refractivity contribution >= 4 is 35.7 Å². The molecular weight excluding hydrogens is 360 g/mol. The molecular formula is C17H23ClN4O2S. The summed E-state index contributed by atoms with van der Waals surface area (Å²) in [5, 5.41) is 12.6. The first-order valence-electron chi connectivity index (χ1n) is 8.13. The van der Waals surface area contributed by atoms with E-state index >= 15 is 0 Å². The van der Waals surface area contributed by atoms with Crippen molar-refractivity contribution in [2.75, 3.05) is 6.61 Å². The number of aryl methyl sites for hydroxylation is 1. The lowest BCUT2D eigenvalue weighted by Crippen LogP contribution is -2.30. The van der Waals surface area contributed by atoms with Gasteiger partial charge >= 0.3 is 5.97 Å². The lowest BCUT2D eigenvalue weighted by Gasteiger charge is -2.20. The van der Waals surface area contributed by atoms with Crippen LogP contribution in [-0.2, 0) is 11.3 Å². The van der Waals surface area contributed by atoms with Gasteiger partial charge in [-0.15, -0.1) is 12.4 Å². The maximum atomic E-state index is 12.6. The first kappa shape index (κ1) is 21.1. The number of nitrogens with one attached hydrogen (secondary N) is 1. The van der Waals surface area contributed by atoms with Gasteiger partial charge in [0.15, 0.2) is 5.11 Å². The second-order valence-electron chi connectivity index (χ2n) is 5.84. The van der Waals surface area contributed by atoms with Gasteiger partial charge in [0.2, 0.25) is 0 Å². The van der Waals surface area contributed by atoms with E-state index in [0.717, 1.165) is 31.2 Å². The number of thiocarbonyl (C=S) groups is 1. The summed E-state index contributed by atoms with van der Waals surface area (Å²) >= 11 is 4.85. The number of hydrogen-bond donors (Lipinski definition) is 2. The van der Waals surface area contributed by atoms with Crippen molar-refractivity contribution in [1.29, 1.82) is 5.26 Å². The van der Waals surface area contributed by atoms with E-state index in [1.54, 1.807) is 13.8 Å². The van der Waals surface area contributed by atoms with Crippen LogP contribution in [0.3, 0.4) is 0 Å². The molecule has 0 unspecified atom stereocenters. The Morgan fingerprint density at radius 2 is 2.12 bits per heavy atom. The van der Waals surface area contributed by atoms with E-state index in [1.807, 2.05) is 0 Å². The van der Waals surface area contributed by atoms with Crippen molar-refractivity contribution < 1.29 is 9.53 Å². The quantitative estimate of drug-likeness (QED) is 0.596. The van der Waals surface area contributed by atoms with Gasteiger partial charge in [-0.05, 0) is 50.4 Å². The number of halogens is 1. The van der Waals surface area contributed by atoms with Crippen LogP contribution in [0.1, 0.15) is 71.4 Å². The van der Waals surface area contributed by atoms with Crippen LogP contribution < -0.4 is 11.1 Å². The maximum absolute atomic E-state index is 12.6. The maximum Gasteiger partial charge on any atom is 0.340 e. The number of nitrogens with zero attached hydrogens (tertiary/aromatic N) is 2. The third-order valence-electron chi connectivity index (χ3n) is 4.28. The van der Waals surface area contributed by atoms with Crippen LogP contribution in [0.25, 0.3) is 0 Å². The van der Waals surface area contributed by atoms with Crippen LogP contribution in [0.5, 0.6) is 0 Å². The molecule has 0 spiro atoms. The zero-order chi connectivity index (χ0) is 17.7. The fourth-order valence-electron chi connectivity index (χ4n) is 3.28. The summed E-state index contributed by atoms with van der Waals surface area (Å²) in [6.45, 7) is 4.04. The molecule has 1 fully saturated rings. The number of nitriles is 1. The Morgan fingerprint density at radius 3 is 2.64 bits per heavy atom. The van der Waals surface area contributed by atoms with Gasteiger partial charge in [-0.25, -0.2) is 4.79 Å². The Morgan fingerprint density at radius 1 is 1.48 bits per heavy atom. The summed E-state index contributed by atoms with van der Waals surface area (Å²) < 4.78 is 5.23. The number of carbonyl (C=O) groups is 1. The Bertz CT molecular complexity index is 697. The molecule has 2 rings (SSSR count). The second-order valence-corrected chi connectivity index (χ2v) is 6.28. The van der Waals surface area contributed by atoms with Crippen LogP contribution in [0.2, 0.25) is 0 Å². The molecule has 1 saturated carbocycles. The van der Waals surface area contributed by atoms with Crippen LogP contribution in [0.4, 0.5) is 0 Å². The highest BCUT2D eigenvalue weighted by atomic mass is 35.5. The largest absolute Gasteiger partial charge is 0.462 e. The molecule has 1 aromatic heterocycles. The highest BCUT2D eigenvalue weighted by Crippen LogP contribution is 2.39. The average Bonchev–Trinajstić information content (AvgIpc) is 3.06. The summed E-state index contributed by atoms with van der Waals surface area (Å²) in [4.78, 5) is 17.1. The molecule has 3 N–H and O–H groups in total. The molecule has 0 aromatic carbocycles. The number of nitrogens with two attached hydrogens (primary N) is 1. The van der Waals surface area contributed by atoms with E-state index in [0.29, 0.717) is 22.5 Å². The highest BCUT2D eigenvalue weighted by Gasteiger charge is 2.30. The molecule has 8 heteroatoms. The lowest BCUT2D eigenvalue weighted by atomic mass is 9.87. The monoisotopic (exact) mass is 382 g/mol. The molecule has 0 saturated heterocycles. The van der Waals surface area contributed by atoms with Gasteiger partial charge in [0.25, 0.3) is 0 Å². The van der Waals surface area contributed by atoms with E-state index in [4.69, 9.17) is 22.7 Å². The third kappa shape index (κ3) is 4.80. The van der Waals surface area contributed by atoms with Crippen molar-refractivity contribution in [3.8, 4) is 6.07 Å². The third-order valence-corrected chi connectivity index (χ3v) is 4.42. The lowest BCUT2D eigenvalue weighted by molar-refractivity contribution is 0.0522. The van der Waals surface area contributed by atoms with Crippen LogP contribution in [0, 0.1) is 18.3 Å². The van der Waals surface area contributed by atoms with Gasteiger partial charge in [-0.1, -0.05) is 12.8 Å².